The average molecular weight is 455 g/mol. The summed E-state index contributed by atoms with van der Waals surface area (Å²) in [5.74, 6) is -0.458. The molecule has 3 saturated carbocycles. The predicted octanol–water partition coefficient (Wildman–Crippen LogP) is 4.74. The Morgan fingerprint density at radius 3 is 2.36 bits per heavy atom. The quantitative estimate of drug-likeness (QED) is 0.481. The zero-order valence-electron chi connectivity index (χ0n) is 21.1. The average Bonchev–Trinajstić information content (AvgIpc) is 2.76. The van der Waals surface area contributed by atoms with Crippen LogP contribution in [0.25, 0.3) is 0 Å². The molecule has 0 saturated heterocycles. The summed E-state index contributed by atoms with van der Waals surface area (Å²) in [6.45, 7) is 12.4. The van der Waals surface area contributed by atoms with Gasteiger partial charge in [0.1, 0.15) is 6.10 Å². The molecule has 33 heavy (non-hydrogen) atoms. The molecule has 5 heteroatoms. The summed E-state index contributed by atoms with van der Waals surface area (Å²) in [6, 6.07) is 0. The van der Waals surface area contributed by atoms with E-state index in [1.165, 1.54) is 18.8 Å². The molecule has 0 aliphatic heterocycles. The van der Waals surface area contributed by atoms with E-state index in [0.29, 0.717) is 5.57 Å². The lowest BCUT2D eigenvalue weighted by molar-refractivity contribution is -0.192. The Kier molecular flexibility index (Phi) is 5.48. The first-order valence-corrected chi connectivity index (χ1v) is 12.2. The molecule has 0 aromatic carbocycles. The number of carbonyl (C=O) groups excluding carboxylic acids is 3. The molecule has 0 amide bonds. The third-order valence-electron chi connectivity index (χ3n) is 10.4. The highest BCUT2D eigenvalue weighted by atomic mass is 16.5. The largest absolute Gasteiger partial charge is 0.466 e. The van der Waals surface area contributed by atoms with E-state index in [9.17, 15) is 19.5 Å². The van der Waals surface area contributed by atoms with Crippen molar-refractivity contribution in [1.82, 2.24) is 0 Å². The summed E-state index contributed by atoms with van der Waals surface area (Å²) in [5.41, 5.74) is 1.42. The topological polar surface area (TPSA) is 80.7 Å². The molecule has 4 rings (SSSR count). The van der Waals surface area contributed by atoms with Crippen LogP contribution in [0.1, 0.15) is 73.6 Å². The fraction of sp³-hybridized carbons (Fsp3) is 0.679. The van der Waals surface area contributed by atoms with Crippen molar-refractivity contribution in [3.63, 3.8) is 0 Å². The number of hydrogen-bond acceptors (Lipinski definition) is 5. The molecular weight excluding hydrogens is 416 g/mol. The molecule has 0 heterocycles. The van der Waals surface area contributed by atoms with Crippen molar-refractivity contribution in [1.29, 1.82) is 0 Å². The molecule has 4 aliphatic carbocycles. The van der Waals surface area contributed by atoms with Gasteiger partial charge in [0.2, 0.25) is 0 Å². The van der Waals surface area contributed by atoms with Gasteiger partial charge in [-0.1, -0.05) is 52.3 Å². The van der Waals surface area contributed by atoms with E-state index in [0.717, 1.165) is 37.7 Å². The third kappa shape index (κ3) is 3.03. The van der Waals surface area contributed by atoms with Gasteiger partial charge in [-0.25, -0.2) is 4.79 Å². The lowest BCUT2D eigenvalue weighted by atomic mass is 9.35. The monoisotopic (exact) mass is 454 g/mol. The van der Waals surface area contributed by atoms with E-state index in [4.69, 9.17) is 4.74 Å². The van der Waals surface area contributed by atoms with Gasteiger partial charge in [0, 0.05) is 28.4 Å². The van der Waals surface area contributed by atoms with Gasteiger partial charge in [-0.3, -0.25) is 9.59 Å². The van der Waals surface area contributed by atoms with E-state index in [1.807, 2.05) is 13.0 Å². The van der Waals surface area contributed by atoms with Gasteiger partial charge in [-0.2, -0.15) is 0 Å². The van der Waals surface area contributed by atoms with Crippen molar-refractivity contribution >= 4 is 17.5 Å². The SMILES string of the molecule is COC(=O)C=C1C(C(C)=O)=CC=C2C1(C)CCC1(C)C3CC(C)C(=O)C(O)C3(C)CCC21C. The number of ether oxygens (including phenoxy) is 1. The maximum absolute atomic E-state index is 12.7. The maximum atomic E-state index is 12.7. The van der Waals surface area contributed by atoms with Gasteiger partial charge < -0.3 is 9.84 Å². The zero-order valence-corrected chi connectivity index (χ0v) is 21.1. The van der Waals surface area contributed by atoms with Crippen LogP contribution in [0.15, 0.2) is 34.9 Å². The van der Waals surface area contributed by atoms with Crippen LogP contribution >= 0.6 is 0 Å². The standard InChI is InChI=1S/C28H38O5/c1-16-14-21-26(4,24(32)23(16)31)11-13-27(5)20-9-8-18(17(2)29)19(15-22(30)33-7)25(20,3)10-12-28(21,27)6/h8-9,15-16,21,24,32H,10-14H2,1-7H3. The molecule has 0 bridgehead atoms. The smallest absolute Gasteiger partial charge is 0.330 e. The summed E-state index contributed by atoms with van der Waals surface area (Å²) >= 11 is 0. The lowest BCUT2D eigenvalue weighted by Crippen LogP contribution is -2.65. The van der Waals surface area contributed by atoms with Crippen molar-refractivity contribution in [2.24, 2.45) is 33.5 Å². The number of aliphatic hydroxyl groups is 1. The number of methoxy groups -OCH3 is 1. The van der Waals surface area contributed by atoms with E-state index in [1.54, 1.807) is 6.92 Å². The molecule has 0 radical (unpaired) electrons. The Hall–Kier alpha value is -2.01. The molecule has 5 nitrogen and oxygen atoms in total. The molecule has 7 unspecified atom stereocenters. The Labute approximate surface area is 197 Å². The number of carbonyl (C=O) groups is 3. The summed E-state index contributed by atoms with van der Waals surface area (Å²) in [6.07, 6.45) is 8.70. The van der Waals surface area contributed by atoms with Crippen LogP contribution < -0.4 is 0 Å². The summed E-state index contributed by atoms with van der Waals surface area (Å²) in [4.78, 5) is 37.5. The first-order valence-electron chi connectivity index (χ1n) is 12.2. The highest BCUT2D eigenvalue weighted by Gasteiger charge is 2.68. The van der Waals surface area contributed by atoms with Crippen LogP contribution in [0.3, 0.4) is 0 Å². The fourth-order valence-electron chi connectivity index (χ4n) is 8.08. The Balaban J connectivity index is 1.87. The first-order chi connectivity index (χ1) is 15.3. The number of hydrogen-bond donors (Lipinski definition) is 1. The second-order valence-corrected chi connectivity index (χ2v) is 11.9. The Bertz CT molecular complexity index is 1020. The molecule has 180 valence electrons. The summed E-state index contributed by atoms with van der Waals surface area (Å²) in [7, 11) is 1.36. The molecule has 0 aromatic rings. The molecule has 3 fully saturated rings. The van der Waals surface area contributed by atoms with Crippen LogP contribution in [0.2, 0.25) is 0 Å². The highest BCUT2D eigenvalue weighted by Crippen LogP contribution is 2.74. The molecule has 4 aliphatic rings. The number of Topliss-reactive ketones (excluding diaryl/α,β-unsaturated/α-hetero) is 2. The van der Waals surface area contributed by atoms with E-state index in [-0.39, 0.29) is 34.2 Å². The minimum Gasteiger partial charge on any atom is -0.466 e. The second kappa shape index (κ2) is 7.49. The van der Waals surface area contributed by atoms with Crippen molar-refractivity contribution < 1.29 is 24.2 Å². The Morgan fingerprint density at radius 1 is 1.09 bits per heavy atom. The normalized spacial score (nSPS) is 45.9. The van der Waals surface area contributed by atoms with Crippen molar-refractivity contribution in [2.45, 2.75) is 79.8 Å². The second-order valence-electron chi connectivity index (χ2n) is 11.9. The third-order valence-corrected chi connectivity index (χ3v) is 10.4. The van der Waals surface area contributed by atoms with Crippen LogP contribution in [-0.4, -0.2) is 35.9 Å². The molecule has 0 spiro atoms. The predicted molar refractivity (Wildman–Crippen MR) is 126 cm³/mol. The van der Waals surface area contributed by atoms with Crippen LogP contribution in [0.5, 0.6) is 0 Å². The Morgan fingerprint density at radius 2 is 1.76 bits per heavy atom. The van der Waals surface area contributed by atoms with Gasteiger partial charge in [0.25, 0.3) is 0 Å². The summed E-state index contributed by atoms with van der Waals surface area (Å²) < 4.78 is 4.94. The molecule has 7 atom stereocenters. The number of esters is 1. The van der Waals surface area contributed by atoms with Gasteiger partial charge in [-0.05, 0) is 61.3 Å². The first kappa shape index (κ1) is 24.1. The maximum Gasteiger partial charge on any atom is 0.330 e. The highest BCUT2D eigenvalue weighted by molar-refractivity contribution is 6.01. The zero-order chi connectivity index (χ0) is 24.6. The van der Waals surface area contributed by atoms with Crippen molar-refractivity contribution in [3.8, 4) is 0 Å². The molecule has 1 N–H and O–H groups in total. The number of rotatable bonds is 2. The van der Waals surface area contributed by atoms with Crippen LogP contribution in [0, 0.1) is 33.5 Å². The summed E-state index contributed by atoms with van der Waals surface area (Å²) in [5, 5.41) is 11.1. The minimum absolute atomic E-state index is 0.0178. The fourth-order valence-corrected chi connectivity index (χ4v) is 8.08. The lowest BCUT2D eigenvalue weighted by Gasteiger charge is -2.69. The van der Waals surface area contributed by atoms with Crippen LogP contribution in [-0.2, 0) is 19.1 Å². The van der Waals surface area contributed by atoms with E-state index < -0.39 is 22.9 Å². The van der Waals surface area contributed by atoms with E-state index in [2.05, 4.69) is 33.8 Å². The molecule has 0 aromatic heterocycles. The number of ketones is 2. The van der Waals surface area contributed by atoms with Crippen molar-refractivity contribution in [2.75, 3.05) is 7.11 Å². The van der Waals surface area contributed by atoms with Crippen LogP contribution in [0.4, 0.5) is 0 Å². The molecular formula is C28H38O5. The van der Waals surface area contributed by atoms with E-state index >= 15 is 0 Å². The van der Waals surface area contributed by atoms with Gasteiger partial charge in [-0.15, -0.1) is 0 Å². The van der Waals surface area contributed by atoms with Crippen molar-refractivity contribution in [3.05, 3.63) is 34.9 Å². The number of allylic oxidation sites excluding steroid dienone is 5. The number of fused-ring (bicyclic) bond motifs is 5. The van der Waals surface area contributed by atoms with Gasteiger partial charge in [0.15, 0.2) is 11.6 Å². The van der Waals surface area contributed by atoms with Gasteiger partial charge in [0.05, 0.1) is 7.11 Å². The minimum atomic E-state index is -0.916. The number of aliphatic hydroxyl groups excluding tert-OH is 1. The van der Waals surface area contributed by atoms with Gasteiger partial charge >= 0.3 is 5.97 Å².